The monoisotopic (exact) mass is 301 g/mol. The zero-order valence-corrected chi connectivity index (χ0v) is 11.6. The topological polar surface area (TPSA) is 66.4 Å². The van der Waals surface area contributed by atoms with Crippen LogP contribution in [-0.2, 0) is 9.59 Å². The molecule has 0 aromatic carbocycles. The lowest BCUT2D eigenvalue weighted by Crippen LogP contribution is -2.45. The Bertz CT molecular complexity index is 321. The molecule has 1 unspecified atom stereocenters. The summed E-state index contributed by atoms with van der Waals surface area (Å²) < 4.78 is 36.7. The quantitative estimate of drug-likeness (QED) is 0.631. The molecule has 0 heterocycles. The highest BCUT2D eigenvalue weighted by Crippen LogP contribution is 2.25. The number of thiol groups is 1. The maximum absolute atomic E-state index is 12.2. The van der Waals surface area contributed by atoms with Crippen molar-refractivity contribution in [1.29, 1.82) is 0 Å². The highest BCUT2D eigenvalue weighted by atomic mass is 32.1. The average Bonchev–Trinajstić information content (AvgIpc) is 2.22. The van der Waals surface area contributed by atoms with Gasteiger partial charge >= 0.3 is 12.1 Å². The predicted molar refractivity (Wildman–Crippen MR) is 67.0 cm³/mol. The van der Waals surface area contributed by atoms with E-state index in [1.54, 1.807) is 13.8 Å². The maximum atomic E-state index is 12.2. The van der Waals surface area contributed by atoms with Crippen LogP contribution in [0, 0.1) is 11.8 Å². The lowest BCUT2D eigenvalue weighted by Gasteiger charge is -2.21. The van der Waals surface area contributed by atoms with E-state index in [0.29, 0.717) is 0 Å². The molecule has 0 radical (unpaired) electrons. The lowest BCUT2D eigenvalue weighted by atomic mass is 10.0. The van der Waals surface area contributed by atoms with Crippen molar-refractivity contribution in [2.24, 2.45) is 11.8 Å². The third-order valence-corrected chi connectivity index (χ3v) is 2.83. The molecule has 0 aromatic heterocycles. The molecule has 8 heteroatoms. The van der Waals surface area contributed by atoms with E-state index in [9.17, 15) is 22.8 Å². The van der Waals surface area contributed by atoms with E-state index in [1.165, 1.54) is 0 Å². The Morgan fingerprint density at radius 3 is 2.16 bits per heavy atom. The van der Waals surface area contributed by atoms with E-state index < -0.39 is 36.4 Å². The second-order valence-electron chi connectivity index (χ2n) is 4.73. The van der Waals surface area contributed by atoms with Crippen LogP contribution in [0.5, 0.6) is 0 Å². The highest BCUT2D eigenvalue weighted by molar-refractivity contribution is 7.80. The van der Waals surface area contributed by atoms with E-state index in [-0.39, 0.29) is 18.1 Å². The highest BCUT2D eigenvalue weighted by Gasteiger charge is 2.35. The predicted octanol–water partition coefficient (Wildman–Crippen LogP) is 2.10. The molecule has 2 atom stereocenters. The number of nitrogens with one attached hydrogen (secondary N) is 1. The SMILES string of the molecule is CC(C)C[C@@H](NC(=O)C(CS)CC(F)(F)F)C(=O)O. The van der Waals surface area contributed by atoms with Crippen molar-refractivity contribution in [3.63, 3.8) is 0 Å². The number of aliphatic carboxylic acids is 1. The Kier molecular flexibility index (Phi) is 7.25. The van der Waals surface area contributed by atoms with Crippen molar-refractivity contribution in [3.05, 3.63) is 0 Å². The van der Waals surface area contributed by atoms with Crippen molar-refractivity contribution < 1.29 is 27.9 Å². The molecule has 0 rings (SSSR count). The number of carboxylic acids is 1. The van der Waals surface area contributed by atoms with Gasteiger partial charge in [0, 0.05) is 5.75 Å². The molecule has 19 heavy (non-hydrogen) atoms. The van der Waals surface area contributed by atoms with Crippen LogP contribution in [0.4, 0.5) is 13.2 Å². The van der Waals surface area contributed by atoms with Gasteiger partial charge in [0.1, 0.15) is 6.04 Å². The van der Waals surface area contributed by atoms with Gasteiger partial charge in [-0.1, -0.05) is 13.8 Å². The molecule has 2 N–H and O–H groups in total. The molecule has 0 aliphatic heterocycles. The number of alkyl halides is 3. The van der Waals surface area contributed by atoms with E-state index in [1.807, 2.05) is 0 Å². The van der Waals surface area contributed by atoms with Crippen LogP contribution in [0.3, 0.4) is 0 Å². The van der Waals surface area contributed by atoms with Gasteiger partial charge in [0.2, 0.25) is 5.91 Å². The molecule has 0 spiro atoms. The van der Waals surface area contributed by atoms with Crippen LogP contribution in [-0.4, -0.2) is 35.0 Å². The van der Waals surface area contributed by atoms with Gasteiger partial charge in [0.05, 0.1) is 12.3 Å². The number of carbonyl (C=O) groups excluding carboxylic acids is 1. The third-order valence-electron chi connectivity index (χ3n) is 2.39. The summed E-state index contributed by atoms with van der Waals surface area (Å²) in [5.74, 6) is -3.86. The molecule has 1 amide bonds. The molecule has 0 aliphatic carbocycles. The minimum atomic E-state index is -4.48. The van der Waals surface area contributed by atoms with Gasteiger partial charge in [0.15, 0.2) is 0 Å². The molecular weight excluding hydrogens is 283 g/mol. The summed E-state index contributed by atoms with van der Waals surface area (Å²) in [5.41, 5.74) is 0. The summed E-state index contributed by atoms with van der Waals surface area (Å²) in [5, 5.41) is 11.0. The van der Waals surface area contributed by atoms with Crippen molar-refractivity contribution in [3.8, 4) is 0 Å². The first-order chi connectivity index (χ1) is 8.56. The minimum absolute atomic E-state index is 0.00142. The zero-order valence-electron chi connectivity index (χ0n) is 10.7. The number of hydrogen-bond acceptors (Lipinski definition) is 3. The van der Waals surface area contributed by atoms with Crippen LogP contribution in [0.25, 0.3) is 0 Å². The number of halogens is 3. The summed E-state index contributed by atoms with van der Waals surface area (Å²) >= 11 is 3.70. The fourth-order valence-electron chi connectivity index (χ4n) is 1.50. The summed E-state index contributed by atoms with van der Waals surface area (Å²) in [6, 6.07) is -1.18. The van der Waals surface area contributed by atoms with Gasteiger partial charge < -0.3 is 10.4 Å². The lowest BCUT2D eigenvalue weighted by molar-refractivity contribution is -0.154. The average molecular weight is 301 g/mol. The van der Waals surface area contributed by atoms with Crippen LogP contribution in [0.15, 0.2) is 0 Å². The number of carbonyl (C=O) groups is 2. The Morgan fingerprint density at radius 1 is 1.32 bits per heavy atom. The minimum Gasteiger partial charge on any atom is -0.480 e. The van der Waals surface area contributed by atoms with E-state index >= 15 is 0 Å². The molecule has 0 aromatic rings. The van der Waals surface area contributed by atoms with Crippen molar-refractivity contribution in [2.45, 2.75) is 38.9 Å². The van der Waals surface area contributed by atoms with E-state index in [4.69, 9.17) is 5.11 Å². The third kappa shape index (κ3) is 7.97. The summed E-state index contributed by atoms with van der Waals surface area (Å²) in [6.07, 6.45) is -5.63. The molecule has 0 bridgehead atoms. The van der Waals surface area contributed by atoms with Crippen LogP contribution >= 0.6 is 12.6 Å². The molecule has 0 aliphatic rings. The largest absolute Gasteiger partial charge is 0.480 e. The molecule has 4 nitrogen and oxygen atoms in total. The molecular formula is C11H18F3NO3S. The second kappa shape index (κ2) is 7.62. The van der Waals surface area contributed by atoms with Crippen molar-refractivity contribution in [1.82, 2.24) is 5.32 Å². The van der Waals surface area contributed by atoms with Gasteiger partial charge in [-0.3, -0.25) is 4.79 Å². The normalized spacial score (nSPS) is 15.1. The van der Waals surface area contributed by atoms with Crippen molar-refractivity contribution >= 4 is 24.5 Å². The first-order valence-corrected chi connectivity index (χ1v) is 6.40. The van der Waals surface area contributed by atoms with E-state index in [2.05, 4.69) is 17.9 Å². The molecule has 0 saturated carbocycles. The van der Waals surface area contributed by atoms with Crippen LogP contribution < -0.4 is 5.32 Å². The summed E-state index contributed by atoms with van der Waals surface area (Å²) in [7, 11) is 0. The fourth-order valence-corrected chi connectivity index (χ4v) is 1.80. The Labute approximate surface area is 115 Å². The van der Waals surface area contributed by atoms with Gasteiger partial charge in [-0.15, -0.1) is 0 Å². The van der Waals surface area contributed by atoms with Gasteiger partial charge in [-0.25, -0.2) is 4.79 Å². The molecule has 0 fully saturated rings. The van der Waals surface area contributed by atoms with Gasteiger partial charge in [0.25, 0.3) is 0 Å². The summed E-state index contributed by atoms with van der Waals surface area (Å²) in [4.78, 5) is 22.5. The first kappa shape index (κ1) is 18.1. The zero-order chi connectivity index (χ0) is 15.2. The van der Waals surface area contributed by atoms with Gasteiger partial charge in [-0.05, 0) is 12.3 Å². The van der Waals surface area contributed by atoms with Crippen LogP contribution in [0.1, 0.15) is 26.7 Å². The van der Waals surface area contributed by atoms with Crippen molar-refractivity contribution in [2.75, 3.05) is 5.75 Å². The second-order valence-corrected chi connectivity index (χ2v) is 5.09. The molecule has 112 valence electrons. The summed E-state index contributed by atoms with van der Waals surface area (Å²) in [6.45, 7) is 3.52. The number of carboxylic acid groups (broad SMARTS) is 1. The maximum Gasteiger partial charge on any atom is 0.389 e. The molecule has 0 saturated heterocycles. The number of hydrogen-bond donors (Lipinski definition) is 3. The number of amides is 1. The smallest absolute Gasteiger partial charge is 0.389 e. The van der Waals surface area contributed by atoms with Gasteiger partial charge in [-0.2, -0.15) is 25.8 Å². The van der Waals surface area contributed by atoms with Crippen LogP contribution in [0.2, 0.25) is 0 Å². The Morgan fingerprint density at radius 2 is 1.84 bits per heavy atom. The van der Waals surface area contributed by atoms with E-state index in [0.717, 1.165) is 0 Å². The first-order valence-electron chi connectivity index (χ1n) is 5.77. The number of rotatable bonds is 7. The Hall–Kier alpha value is -0.920. The fraction of sp³-hybridized carbons (Fsp3) is 0.818. The Balaban J connectivity index is 4.64. The standard InChI is InChI=1S/C11H18F3NO3S/c1-6(2)3-8(10(17)18)15-9(16)7(5-19)4-11(12,13)14/h6-8,19H,3-5H2,1-2H3,(H,15,16)(H,17,18)/t7?,8-/m1/s1.